The number of carboxylic acids is 1. The maximum atomic E-state index is 10.5. The second kappa shape index (κ2) is 4.84. The summed E-state index contributed by atoms with van der Waals surface area (Å²) in [6, 6.07) is 5.61. The van der Waals surface area contributed by atoms with E-state index in [0.29, 0.717) is 5.92 Å². The summed E-state index contributed by atoms with van der Waals surface area (Å²) in [6.45, 7) is 4.32. The van der Waals surface area contributed by atoms with Crippen LogP contribution in [0.4, 0.5) is 0 Å². The quantitative estimate of drug-likeness (QED) is 0.829. The summed E-state index contributed by atoms with van der Waals surface area (Å²) in [5.41, 5.74) is 1.64. The van der Waals surface area contributed by atoms with E-state index in [-0.39, 0.29) is 6.42 Å². The molecule has 0 N–H and O–H groups in total. The molecule has 1 heterocycles. The number of rotatable bonds is 4. The zero-order valence-electron chi connectivity index (χ0n) is 9.90. The highest BCUT2D eigenvalue weighted by Crippen LogP contribution is 2.24. The Morgan fingerprint density at radius 3 is 2.88 bits per heavy atom. The standard InChI is InChI=1S/C13H15NO2S/c1-8(2)5-12-14-10-6-9(7-13(15)16)3-4-11(10)17-12/h3-4,6,8H,5,7H2,1-2H3,(H,15,16)/p-1. The molecule has 4 heteroatoms. The molecule has 2 aromatic rings. The average molecular weight is 248 g/mol. The van der Waals surface area contributed by atoms with Gasteiger partial charge < -0.3 is 9.90 Å². The van der Waals surface area contributed by atoms with Crippen LogP contribution in [0.1, 0.15) is 24.4 Å². The summed E-state index contributed by atoms with van der Waals surface area (Å²) in [5.74, 6) is -0.472. The molecule has 1 aromatic carbocycles. The molecule has 0 aliphatic heterocycles. The van der Waals surface area contributed by atoms with Gasteiger partial charge in [0.2, 0.25) is 0 Å². The minimum absolute atomic E-state index is 0.0486. The first-order valence-electron chi connectivity index (χ1n) is 5.63. The van der Waals surface area contributed by atoms with Gasteiger partial charge in [-0.25, -0.2) is 4.98 Å². The molecular formula is C13H14NO2S-. The lowest BCUT2D eigenvalue weighted by atomic mass is 10.1. The monoisotopic (exact) mass is 248 g/mol. The van der Waals surface area contributed by atoms with Gasteiger partial charge in [0.15, 0.2) is 0 Å². The molecule has 0 radical (unpaired) electrons. The molecule has 1 aromatic heterocycles. The third-order valence-corrected chi connectivity index (χ3v) is 3.49. The molecule has 2 rings (SSSR count). The lowest BCUT2D eigenvalue weighted by Crippen LogP contribution is -2.24. The van der Waals surface area contributed by atoms with E-state index < -0.39 is 5.97 Å². The van der Waals surface area contributed by atoms with E-state index in [1.54, 1.807) is 11.3 Å². The van der Waals surface area contributed by atoms with Crippen molar-refractivity contribution in [3.05, 3.63) is 28.8 Å². The number of thiazole rings is 1. The Balaban J connectivity index is 2.30. The molecule has 0 bridgehead atoms. The summed E-state index contributed by atoms with van der Waals surface area (Å²) in [4.78, 5) is 15.1. The van der Waals surface area contributed by atoms with Crippen molar-refractivity contribution >= 4 is 27.5 Å². The predicted octanol–water partition coefficient (Wildman–Crippen LogP) is 1.79. The Hall–Kier alpha value is -1.42. The van der Waals surface area contributed by atoms with Gasteiger partial charge in [0.05, 0.1) is 15.2 Å². The van der Waals surface area contributed by atoms with Gasteiger partial charge >= 0.3 is 0 Å². The first-order valence-corrected chi connectivity index (χ1v) is 6.44. The lowest BCUT2D eigenvalue weighted by molar-refractivity contribution is -0.304. The Labute approximate surface area is 104 Å². The van der Waals surface area contributed by atoms with Crippen LogP contribution in [0.25, 0.3) is 10.2 Å². The van der Waals surface area contributed by atoms with Crippen molar-refractivity contribution in [3.8, 4) is 0 Å². The number of nitrogens with zero attached hydrogens (tertiary/aromatic N) is 1. The van der Waals surface area contributed by atoms with E-state index in [2.05, 4.69) is 18.8 Å². The summed E-state index contributed by atoms with van der Waals surface area (Å²) in [7, 11) is 0. The van der Waals surface area contributed by atoms with Gasteiger partial charge in [-0.3, -0.25) is 0 Å². The van der Waals surface area contributed by atoms with Gasteiger partial charge in [0.1, 0.15) is 0 Å². The molecule has 0 aliphatic carbocycles. The third-order valence-electron chi connectivity index (χ3n) is 2.43. The van der Waals surface area contributed by atoms with Crippen LogP contribution >= 0.6 is 11.3 Å². The van der Waals surface area contributed by atoms with Gasteiger partial charge in [-0.15, -0.1) is 11.3 Å². The molecule has 0 saturated carbocycles. The zero-order valence-corrected chi connectivity index (χ0v) is 10.7. The number of carbonyl (C=O) groups is 1. The molecule has 0 aliphatic rings. The molecule has 0 saturated heterocycles. The maximum Gasteiger partial charge on any atom is 0.0941 e. The first kappa shape index (κ1) is 12.0. The highest BCUT2D eigenvalue weighted by molar-refractivity contribution is 7.18. The summed E-state index contributed by atoms with van der Waals surface area (Å²) >= 11 is 1.68. The number of carbonyl (C=O) groups excluding carboxylic acids is 1. The van der Waals surface area contributed by atoms with E-state index in [1.165, 1.54) is 0 Å². The van der Waals surface area contributed by atoms with Crippen LogP contribution in [0.2, 0.25) is 0 Å². The highest BCUT2D eigenvalue weighted by Gasteiger charge is 2.06. The van der Waals surface area contributed by atoms with Crippen LogP contribution in [0.15, 0.2) is 18.2 Å². The fraction of sp³-hybridized carbons (Fsp3) is 0.385. The Morgan fingerprint density at radius 2 is 2.24 bits per heavy atom. The van der Waals surface area contributed by atoms with Crippen molar-refractivity contribution < 1.29 is 9.90 Å². The number of fused-ring (bicyclic) bond motifs is 1. The number of hydrogen-bond donors (Lipinski definition) is 0. The van der Waals surface area contributed by atoms with E-state index >= 15 is 0 Å². The van der Waals surface area contributed by atoms with Crippen molar-refractivity contribution in [2.45, 2.75) is 26.7 Å². The number of hydrogen-bond acceptors (Lipinski definition) is 4. The fourth-order valence-electron chi connectivity index (χ4n) is 1.73. The van der Waals surface area contributed by atoms with Crippen LogP contribution in [0.3, 0.4) is 0 Å². The smallest absolute Gasteiger partial charge is 0.0941 e. The van der Waals surface area contributed by atoms with E-state index in [1.807, 2.05) is 18.2 Å². The summed E-state index contributed by atoms with van der Waals surface area (Å²) < 4.78 is 1.11. The van der Waals surface area contributed by atoms with Crippen LogP contribution in [-0.4, -0.2) is 11.0 Å². The largest absolute Gasteiger partial charge is 0.550 e. The highest BCUT2D eigenvalue weighted by atomic mass is 32.1. The van der Waals surface area contributed by atoms with Crippen molar-refractivity contribution in [3.63, 3.8) is 0 Å². The summed E-state index contributed by atoms with van der Waals surface area (Å²) in [6.07, 6.45) is 0.919. The van der Waals surface area contributed by atoms with Crippen LogP contribution < -0.4 is 5.11 Å². The maximum absolute atomic E-state index is 10.5. The lowest BCUT2D eigenvalue weighted by Gasteiger charge is -2.01. The van der Waals surface area contributed by atoms with Crippen molar-refractivity contribution in [2.75, 3.05) is 0 Å². The van der Waals surface area contributed by atoms with Gasteiger partial charge in [-0.1, -0.05) is 19.9 Å². The van der Waals surface area contributed by atoms with Crippen LogP contribution in [0, 0.1) is 5.92 Å². The topological polar surface area (TPSA) is 53.0 Å². The number of benzene rings is 1. The Bertz CT molecular complexity index is 545. The molecule has 0 amide bonds. The minimum Gasteiger partial charge on any atom is -0.550 e. The fourth-order valence-corrected chi connectivity index (χ4v) is 2.89. The van der Waals surface area contributed by atoms with Gasteiger partial charge in [0.25, 0.3) is 0 Å². The Kier molecular flexibility index (Phi) is 3.43. The molecule has 0 fully saturated rings. The zero-order chi connectivity index (χ0) is 12.4. The van der Waals surface area contributed by atoms with E-state index in [9.17, 15) is 9.90 Å². The predicted molar refractivity (Wildman–Crippen MR) is 66.9 cm³/mol. The minimum atomic E-state index is -1.05. The second-order valence-electron chi connectivity index (χ2n) is 4.56. The number of carboxylic acid groups (broad SMARTS) is 1. The van der Waals surface area contributed by atoms with E-state index in [4.69, 9.17) is 0 Å². The van der Waals surface area contributed by atoms with Crippen LogP contribution in [-0.2, 0) is 17.6 Å². The second-order valence-corrected chi connectivity index (χ2v) is 5.67. The SMILES string of the molecule is CC(C)Cc1nc2cc(CC(=O)[O-])ccc2s1. The third kappa shape index (κ3) is 3.03. The number of aromatic nitrogens is 1. The first-order chi connectivity index (χ1) is 8.04. The molecule has 17 heavy (non-hydrogen) atoms. The molecule has 0 unspecified atom stereocenters. The molecular weight excluding hydrogens is 234 g/mol. The number of aliphatic carboxylic acids is 1. The van der Waals surface area contributed by atoms with Gasteiger partial charge in [-0.05, 0) is 23.6 Å². The average Bonchev–Trinajstić information content (AvgIpc) is 2.56. The molecule has 3 nitrogen and oxygen atoms in total. The molecule has 0 atom stereocenters. The van der Waals surface area contributed by atoms with Gasteiger partial charge in [-0.2, -0.15) is 0 Å². The summed E-state index contributed by atoms with van der Waals surface area (Å²) in [5, 5.41) is 11.6. The van der Waals surface area contributed by atoms with Crippen LogP contribution in [0.5, 0.6) is 0 Å². The molecule has 0 spiro atoms. The van der Waals surface area contributed by atoms with Crippen molar-refractivity contribution in [2.24, 2.45) is 5.92 Å². The van der Waals surface area contributed by atoms with E-state index in [0.717, 1.165) is 27.2 Å². The van der Waals surface area contributed by atoms with Crippen molar-refractivity contribution in [1.82, 2.24) is 4.98 Å². The van der Waals surface area contributed by atoms with Crippen molar-refractivity contribution in [1.29, 1.82) is 0 Å². The van der Waals surface area contributed by atoms with Gasteiger partial charge in [0, 0.05) is 18.8 Å². The molecule has 90 valence electrons. The Morgan fingerprint density at radius 1 is 1.47 bits per heavy atom. The normalized spacial score (nSPS) is 11.2.